The second-order valence-electron chi connectivity index (χ2n) is 18.2. The number of carboxylic acids is 1. The molecule has 3 unspecified atom stereocenters. The molecule has 6 amide bonds. The van der Waals surface area contributed by atoms with E-state index in [0.717, 1.165) is 16.9 Å². The van der Waals surface area contributed by atoms with Crippen LogP contribution in [0.3, 0.4) is 0 Å². The molecule has 85 heavy (non-hydrogen) atoms. The molecule has 0 aliphatic carbocycles. The summed E-state index contributed by atoms with van der Waals surface area (Å²) in [6, 6.07) is 10.8. The Kier molecular flexibility index (Phi) is 22.3. The first-order valence-electron chi connectivity index (χ1n) is 26.6. The number of nitrogens with one attached hydrogen (secondary N) is 5. The summed E-state index contributed by atoms with van der Waals surface area (Å²) in [7, 11) is 3.05. The lowest BCUT2D eigenvalue weighted by atomic mass is 10.1. The zero-order valence-electron chi connectivity index (χ0n) is 46.7. The van der Waals surface area contributed by atoms with E-state index in [2.05, 4.69) is 55.4 Å². The van der Waals surface area contributed by atoms with Gasteiger partial charge in [-0.1, -0.05) is 64.4 Å². The maximum Gasteiger partial charge on any atom is 0.326 e. The van der Waals surface area contributed by atoms with Crippen molar-refractivity contribution in [3.8, 4) is 43.4 Å². The minimum Gasteiger partial charge on any atom is -0.480 e. The summed E-state index contributed by atoms with van der Waals surface area (Å²) in [5, 5.41) is 34.4. The number of likely N-dealkylation sites (tertiary alicyclic amines) is 1. The van der Waals surface area contributed by atoms with Crippen LogP contribution in [0.25, 0.3) is 43.4 Å². The van der Waals surface area contributed by atoms with E-state index in [-0.39, 0.29) is 54.4 Å². The standard InChI is InChI=1S/C48H39N13O9S6.C3H8.C2H5NO.C2H6/c1-69-16-33-37-40(65)49-13-34(62)51-25(12-22-6-3-2-4-7-22)44-57-31(21-74-44)45-54-27(17-72-45)36-23(42-55-29(18-71-42)39(64)60-48-58-28(19-75-48)38(63)50-14-35(59-37)76-33)9-10-24(52-36)43-56-30(20-73-43)41-53-26(15-70-41)46(66)61-11-5-8-32(61)47(67)68;1-3-2;1-3-2-4;1-2/h2-4,6-7,9-10,17-21,25-26,32H,5,8,11-16H2,1H3,(H,49,65)(H,50,63)(H,51,62)(H,67,68)(H,58,60,64);3H2,1-2H3;2H,1H3,(H,3,4);1-2H3. The summed E-state index contributed by atoms with van der Waals surface area (Å²) in [6.45, 7) is 8.20. The normalized spacial score (nSPS) is 16.7. The van der Waals surface area contributed by atoms with Gasteiger partial charge in [-0.2, -0.15) is 0 Å². The van der Waals surface area contributed by atoms with Gasteiger partial charge >= 0.3 is 5.97 Å². The third kappa shape index (κ3) is 15.6. The highest BCUT2D eigenvalue weighted by Gasteiger charge is 2.40. The number of pyridine rings is 1. The third-order valence-electron chi connectivity index (χ3n) is 12.1. The van der Waals surface area contributed by atoms with Crippen molar-refractivity contribution < 1.29 is 48.1 Å². The molecule has 3 aliphatic heterocycles. The monoisotopic (exact) mass is 1270 g/mol. The number of anilines is 1. The number of fused-ring (bicyclic) bond motifs is 14. The second kappa shape index (κ2) is 30.1. The number of rotatable bonds is 9. The molecule has 7 aromatic heterocycles. The highest BCUT2D eigenvalue weighted by Crippen LogP contribution is 2.39. The summed E-state index contributed by atoms with van der Waals surface area (Å²) in [4.78, 5) is 128. The lowest BCUT2D eigenvalue weighted by Crippen LogP contribution is -2.45. The lowest BCUT2D eigenvalue weighted by molar-refractivity contribution is -0.148. The Morgan fingerprint density at radius 2 is 1.42 bits per heavy atom. The first-order chi connectivity index (χ1) is 41.3. The van der Waals surface area contributed by atoms with Crippen molar-refractivity contribution in [1.82, 2.24) is 61.1 Å². The molecule has 11 rings (SSSR count). The number of amides is 6. The van der Waals surface area contributed by atoms with Gasteiger partial charge in [0.2, 0.25) is 18.2 Å². The van der Waals surface area contributed by atoms with Crippen molar-refractivity contribution >= 4 is 121 Å². The lowest BCUT2D eigenvalue weighted by Gasteiger charge is -2.22. The Morgan fingerprint density at radius 1 is 0.765 bits per heavy atom. The number of carbonyl (C=O) groups is 7. The van der Waals surface area contributed by atoms with Crippen molar-refractivity contribution in [3.05, 3.63) is 113 Å². The van der Waals surface area contributed by atoms with Crippen LogP contribution in [0, 0.1) is 0 Å². The molecule has 6 N–H and O–H groups in total. The Bertz CT molecular complexity index is 3690. The first-order valence-corrected chi connectivity index (χ1v) is 31.8. The Labute approximate surface area is 511 Å². The molecular weight excluding hydrogens is 1210 g/mol. The van der Waals surface area contributed by atoms with E-state index < -0.39 is 53.6 Å². The van der Waals surface area contributed by atoms with Gasteiger partial charge < -0.3 is 40.7 Å². The molecule has 10 bridgehead atoms. The van der Waals surface area contributed by atoms with Gasteiger partial charge in [0.1, 0.15) is 77.5 Å². The number of thiazole rings is 6. The van der Waals surface area contributed by atoms with E-state index in [1.54, 1.807) is 23.9 Å². The predicted molar refractivity (Wildman–Crippen MR) is 327 cm³/mol. The molecule has 0 radical (unpaired) electrons. The van der Waals surface area contributed by atoms with Gasteiger partial charge in [-0.3, -0.25) is 34.1 Å². The molecule has 0 saturated carbocycles. The Morgan fingerprint density at radius 3 is 2.16 bits per heavy atom. The predicted octanol–water partition coefficient (Wildman–Crippen LogP) is 7.99. The summed E-state index contributed by atoms with van der Waals surface area (Å²) in [6.07, 6.45) is 3.24. The number of carbonyl (C=O) groups excluding carboxylic acids is 6. The molecule has 444 valence electrons. The van der Waals surface area contributed by atoms with Crippen LogP contribution in [-0.4, -0.2) is 139 Å². The molecule has 10 heterocycles. The molecule has 3 atom stereocenters. The van der Waals surface area contributed by atoms with Crippen LogP contribution < -0.4 is 26.6 Å². The number of aromatic nitrogens is 7. The van der Waals surface area contributed by atoms with E-state index in [1.807, 2.05) is 61.0 Å². The summed E-state index contributed by atoms with van der Waals surface area (Å²) < 4.78 is 11.2. The van der Waals surface area contributed by atoms with E-state index >= 15 is 0 Å². The highest BCUT2D eigenvalue weighted by molar-refractivity contribution is 7.15. The van der Waals surface area contributed by atoms with Crippen molar-refractivity contribution in [2.75, 3.05) is 39.2 Å². The van der Waals surface area contributed by atoms with Crippen molar-refractivity contribution in [1.29, 1.82) is 0 Å². The Hall–Kier alpha value is -8.13. The number of hydrogen-bond donors (Lipinski definition) is 6. The zero-order valence-corrected chi connectivity index (χ0v) is 51.6. The molecule has 8 aromatic rings. The molecule has 1 aromatic carbocycles. The van der Waals surface area contributed by atoms with Crippen LogP contribution in [0.2, 0.25) is 0 Å². The number of nitrogens with zero attached hydrogens (tertiary/aromatic N) is 9. The van der Waals surface area contributed by atoms with E-state index in [4.69, 9.17) is 39.2 Å². The van der Waals surface area contributed by atoms with Crippen LogP contribution in [-0.2, 0) is 48.2 Å². The molecule has 1 saturated heterocycles. The smallest absolute Gasteiger partial charge is 0.326 e. The van der Waals surface area contributed by atoms with Gasteiger partial charge in [0.15, 0.2) is 11.2 Å². The quantitative estimate of drug-likeness (QED) is 0.0746. The number of benzene rings is 1. The second-order valence-corrected chi connectivity index (χ2v) is 23.6. The minimum absolute atomic E-state index is 0.0390. The van der Waals surface area contributed by atoms with Crippen molar-refractivity contribution in [2.24, 2.45) is 4.99 Å². The van der Waals surface area contributed by atoms with Crippen LogP contribution >= 0.6 is 68.0 Å². The first kappa shape index (κ1) is 62.9. The van der Waals surface area contributed by atoms with Gasteiger partial charge in [-0.15, -0.1) is 68.0 Å². The number of methoxy groups -OCH3 is 1. The summed E-state index contributed by atoms with van der Waals surface area (Å²) in [5.74, 6) is -3.45. The highest BCUT2D eigenvalue weighted by atomic mass is 32.1. The van der Waals surface area contributed by atoms with Crippen LogP contribution in [0.5, 0.6) is 0 Å². The third-order valence-corrected chi connectivity index (χ3v) is 17.4. The summed E-state index contributed by atoms with van der Waals surface area (Å²) in [5.41, 5.74) is 4.03. The van der Waals surface area contributed by atoms with Crippen LogP contribution in [0.4, 0.5) is 5.13 Å². The van der Waals surface area contributed by atoms with Gasteiger partial charge in [0, 0.05) is 53.2 Å². The number of aliphatic carboxylic acids is 1. The molecule has 1 fully saturated rings. The van der Waals surface area contributed by atoms with Crippen molar-refractivity contribution in [2.45, 2.75) is 84.7 Å². The number of ether oxygens (including phenoxy) is 2. The number of aliphatic imine (C=N–C) groups is 1. The van der Waals surface area contributed by atoms with E-state index in [0.29, 0.717) is 96.2 Å². The van der Waals surface area contributed by atoms with Crippen molar-refractivity contribution in [3.63, 3.8) is 0 Å². The maximum atomic E-state index is 13.7. The maximum absolute atomic E-state index is 13.7. The number of carboxylic acid groups (broad SMARTS) is 1. The van der Waals surface area contributed by atoms with Gasteiger partial charge in [-0.05, 0) is 37.0 Å². The zero-order chi connectivity index (χ0) is 60.6. The van der Waals surface area contributed by atoms with Gasteiger partial charge in [-0.25, -0.2) is 44.7 Å². The summed E-state index contributed by atoms with van der Waals surface area (Å²) >= 11 is 7.42. The van der Waals surface area contributed by atoms with Gasteiger partial charge in [0.25, 0.3) is 23.6 Å². The molecule has 0 spiro atoms. The fraction of sp³-hybridized carbons (Fsp3) is 0.327. The fourth-order valence-electron chi connectivity index (χ4n) is 8.37. The topological polar surface area (TPSA) is 324 Å². The minimum atomic E-state index is -1.05. The van der Waals surface area contributed by atoms with E-state index in [1.165, 1.54) is 80.5 Å². The van der Waals surface area contributed by atoms with Crippen LogP contribution in [0.1, 0.15) is 111 Å². The Balaban J connectivity index is 0.000000984. The SMILES string of the molecule is CC.CCC.CNC=O.COCc1sc2nc1C(=O)NCC(=O)NC(Cc1ccccc1)c1nc(cs1)-c1nc(cs1)-c1nc(-c3nc(C4=NC(C(=O)N5CCCC5C(=O)O)CO4)cs3)ccc1-c1nc(cs1)C(=O)Nc1nc(cs1)C(=O)NC2. The molecule has 24 nitrogen and oxygen atoms in total. The molecule has 30 heteroatoms. The largest absolute Gasteiger partial charge is 0.480 e. The average molecular weight is 1270 g/mol. The molecule has 3 aliphatic rings. The van der Waals surface area contributed by atoms with Crippen LogP contribution in [0.15, 0.2) is 74.4 Å². The average Bonchev–Trinajstić information content (AvgIpc) is 2.63. The fourth-order valence-corrected chi connectivity index (χ4v) is 13.3. The number of hydrogen-bond acceptors (Lipinski definition) is 23. The molecular formula is C55H58N14O10S6. The van der Waals surface area contributed by atoms with E-state index in [9.17, 15) is 33.9 Å². The van der Waals surface area contributed by atoms with Gasteiger partial charge in [0.05, 0.1) is 36.3 Å².